The minimum Gasteiger partial charge on any atom is -0.300 e. The molecule has 19 heavy (non-hydrogen) atoms. The number of Topliss-reactive ketones (excluding diaryl/α,β-unsaturated/α-hetero) is 2. The second kappa shape index (κ2) is 8.46. The molecule has 0 spiro atoms. The van der Waals surface area contributed by atoms with Gasteiger partial charge in [0.15, 0.2) is 0 Å². The summed E-state index contributed by atoms with van der Waals surface area (Å²) in [4.78, 5) is 22.2. The molecule has 0 atom stereocenters. The van der Waals surface area contributed by atoms with Gasteiger partial charge in [-0.1, -0.05) is 42.7 Å². The lowest BCUT2D eigenvalue weighted by Gasteiger charge is -2.01. The molecule has 0 aliphatic rings. The maximum absolute atomic E-state index is 11.4. The molecule has 0 amide bonds. The van der Waals surface area contributed by atoms with Gasteiger partial charge in [-0.15, -0.1) is 0 Å². The highest BCUT2D eigenvalue weighted by Crippen LogP contribution is 2.09. The molecule has 0 bridgehead atoms. The van der Waals surface area contributed by atoms with Crippen molar-refractivity contribution < 1.29 is 9.59 Å². The van der Waals surface area contributed by atoms with Gasteiger partial charge in [-0.25, -0.2) is 0 Å². The summed E-state index contributed by atoms with van der Waals surface area (Å²) in [7, 11) is 5.34. The van der Waals surface area contributed by atoms with Crippen molar-refractivity contribution in [2.45, 2.75) is 38.9 Å². The molecule has 0 aliphatic heterocycles. The molecule has 2 nitrogen and oxygen atoms in total. The second-order valence-corrected chi connectivity index (χ2v) is 4.64. The van der Waals surface area contributed by atoms with E-state index in [4.69, 9.17) is 7.85 Å². The third-order valence-electron chi connectivity index (χ3n) is 2.78. The van der Waals surface area contributed by atoms with Gasteiger partial charge in [-0.05, 0) is 30.9 Å². The molecule has 0 unspecified atom stereocenters. The molecule has 3 heteroatoms. The molecule has 0 aliphatic carbocycles. The summed E-state index contributed by atoms with van der Waals surface area (Å²) in [6.45, 7) is 1.60. The van der Waals surface area contributed by atoms with Gasteiger partial charge in [0, 0.05) is 12.8 Å². The van der Waals surface area contributed by atoms with Crippen molar-refractivity contribution in [2.24, 2.45) is 0 Å². The highest BCUT2D eigenvalue weighted by Gasteiger charge is 2.01. The Morgan fingerprint density at radius 3 is 2.42 bits per heavy atom. The molecule has 98 valence electrons. The fraction of sp³-hybridized carbons (Fsp3) is 0.375. The quantitative estimate of drug-likeness (QED) is 0.668. The summed E-state index contributed by atoms with van der Waals surface area (Å²) in [6, 6.07) is 7.88. The topological polar surface area (TPSA) is 34.1 Å². The highest BCUT2D eigenvalue weighted by atomic mass is 16.1. The first kappa shape index (κ1) is 15.4. The normalized spacial score (nSPS) is 10.8. The van der Waals surface area contributed by atoms with Crippen LogP contribution in [0.2, 0.25) is 6.32 Å². The van der Waals surface area contributed by atoms with E-state index in [1.165, 1.54) is 0 Å². The van der Waals surface area contributed by atoms with E-state index in [-0.39, 0.29) is 11.6 Å². The summed E-state index contributed by atoms with van der Waals surface area (Å²) in [5, 5.41) is 0. The fourth-order valence-electron chi connectivity index (χ4n) is 1.73. The lowest BCUT2D eigenvalue weighted by molar-refractivity contribution is -0.118. The molecule has 1 aromatic rings. The number of carbonyl (C=O) groups is 2. The summed E-state index contributed by atoms with van der Waals surface area (Å²) in [6.07, 6.45) is 6.65. The van der Waals surface area contributed by atoms with Crippen molar-refractivity contribution in [1.29, 1.82) is 0 Å². The molecule has 0 saturated heterocycles. The van der Waals surface area contributed by atoms with Gasteiger partial charge in [0.05, 0.1) is 7.85 Å². The Morgan fingerprint density at radius 1 is 1.16 bits per heavy atom. The van der Waals surface area contributed by atoms with Crippen molar-refractivity contribution in [3.63, 3.8) is 0 Å². The molecular formula is C16H19BO2. The van der Waals surface area contributed by atoms with E-state index in [9.17, 15) is 9.59 Å². The second-order valence-electron chi connectivity index (χ2n) is 4.64. The van der Waals surface area contributed by atoms with Crippen LogP contribution in [0.5, 0.6) is 0 Å². The minimum atomic E-state index is 0.173. The van der Waals surface area contributed by atoms with E-state index < -0.39 is 0 Å². The number of carbonyl (C=O) groups excluding carboxylic acids is 2. The Bertz CT molecular complexity index is 446. The van der Waals surface area contributed by atoms with Crippen LogP contribution in [0.3, 0.4) is 0 Å². The number of hydrogen-bond donors (Lipinski definition) is 0. The molecule has 0 fully saturated rings. The molecule has 0 aromatic heterocycles. The SMILES string of the molecule is [B]CCC(=O)Cc1ccc(/C=C/CCC(C)=O)cc1. The Hall–Kier alpha value is -1.64. The lowest BCUT2D eigenvalue weighted by atomic mass is 9.96. The van der Waals surface area contributed by atoms with E-state index in [0.29, 0.717) is 25.6 Å². The molecule has 1 aromatic carbocycles. The first-order valence-electron chi connectivity index (χ1n) is 6.58. The Kier molecular flexibility index (Phi) is 6.87. The zero-order valence-electron chi connectivity index (χ0n) is 11.4. The van der Waals surface area contributed by atoms with Gasteiger partial charge >= 0.3 is 0 Å². The molecule has 0 saturated carbocycles. The Morgan fingerprint density at radius 2 is 1.84 bits per heavy atom. The number of allylic oxidation sites excluding steroid dienone is 1. The molecule has 2 radical (unpaired) electrons. The lowest BCUT2D eigenvalue weighted by Crippen LogP contribution is -2.01. The minimum absolute atomic E-state index is 0.173. The maximum atomic E-state index is 11.4. The highest BCUT2D eigenvalue weighted by molar-refractivity contribution is 6.10. The summed E-state index contributed by atoms with van der Waals surface area (Å²) < 4.78 is 0. The third-order valence-corrected chi connectivity index (χ3v) is 2.78. The van der Waals surface area contributed by atoms with Gasteiger partial charge in [-0.2, -0.15) is 0 Å². The van der Waals surface area contributed by atoms with Crippen molar-refractivity contribution in [2.75, 3.05) is 0 Å². The number of ketones is 2. The smallest absolute Gasteiger partial charge is 0.136 e. The third kappa shape index (κ3) is 6.75. The van der Waals surface area contributed by atoms with Crippen molar-refractivity contribution in [1.82, 2.24) is 0 Å². The van der Waals surface area contributed by atoms with Crippen LogP contribution in [0, 0.1) is 0 Å². The average Bonchev–Trinajstić information content (AvgIpc) is 2.36. The van der Waals surface area contributed by atoms with Crippen LogP contribution < -0.4 is 0 Å². The molecular weight excluding hydrogens is 235 g/mol. The summed E-state index contributed by atoms with van der Waals surface area (Å²) in [5.74, 6) is 0.380. The van der Waals surface area contributed by atoms with Crippen LogP contribution in [0.15, 0.2) is 30.3 Å². The van der Waals surface area contributed by atoms with Gasteiger partial charge in [0.25, 0.3) is 0 Å². The van der Waals surface area contributed by atoms with Gasteiger partial charge in [0.2, 0.25) is 0 Å². The Balaban J connectivity index is 2.47. The first-order chi connectivity index (χ1) is 9.11. The summed E-state index contributed by atoms with van der Waals surface area (Å²) >= 11 is 0. The predicted octanol–water partition coefficient (Wildman–Crippen LogP) is 3.16. The van der Waals surface area contributed by atoms with Gasteiger partial charge in [0.1, 0.15) is 11.6 Å². The number of benzene rings is 1. The van der Waals surface area contributed by atoms with Crippen LogP contribution in [0.1, 0.15) is 37.3 Å². The van der Waals surface area contributed by atoms with Crippen molar-refractivity contribution in [3.05, 3.63) is 41.5 Å². The fourth-order valence-corrected chi connectivity index (χ4v) is 1.73. The van der Waals surface area contributed by atoms with E-state index in [1.54, 1.807) is 6.92 Å². The van der Waals surface area contributed by atoms with Gasteiger partial charge < -0.3 is 4.79 Å². The first-order valence-corrected chi connectivity index (χ1v) is 6.58. The van der Waals surface area contributed by atoms with E-state index >= 15 is 0 Å². The van der Waals surface area contributed by atoms with Crippen molar-refractivity contribution >= 4 is 25.5 Å². The molecule has 0 heterocycles. The number of hydrogen-bond acceptors (Lipinski definition) is 2. The van der Waals surface area contributed by atoms with E-state index in [0.717, 1.165) is 17.5 Å². The molecule has 1 rings (SSSR count). The standard InChI is InChI=1S/C16H19BO2/c1-13(18)4-2-3-5-14-6-8-15(9-7-14)12-16(19)10-11-17/h3,5-9H,2,4,10-12H2,1H3/b5-3+. The number of rotatable bonds is 8. The predicted molar refractivity (Wildman–Crippen MR) is 79.3 cm³/mol. The van der Waals surface area contributed by atoms with Crippen LogP contribution in [-0.4, -0.2) is 19.4 Å². The average molecular weight is 254 g/mol. The van der Waals surface area contributed by atoms with E-state index in [2.05, 4.69) is 0 Å². The van der Waals surface area contributed by atoms with Crippen LogP contribution in [0.4, 0.5) is 0 Å². The van der Waals surface area contributed by atoms with Crippen LogP contribution in [-0.2, 0) is 16.0 Å². The molecule has 0 N–H and O–H groups in total. The van der Waals surface area contributed by atoms with Crippen LogP contribution in [0.25, 0.3) is 6.08 Å². The van der Waals surface area contributed by atoms with Gasteiger partial charge in [-0.3, -0.25) is 4.79 Å². The zero-order chi connectivity index (χ0) is 14.1. The van der Waals surface area contributed by atoms with Crippen molar-refractivity contribution in [3.8, 4) is 0 Å². The summed E-state index contributed by atoms with van der Waals surface area (Å²) in [5.41, 5.74) is 2.10. The maximum Gasteiger partial charge on any atom is 0.136 e. The van der Waals surface area contributed by atoms with Crippen LogP contribution >= 0.6 is 0 Å². The van der Waals surface area contributed by atoms with E-state index in [1.807, 2.05) is 36.4 Å². The largest absolute Gasteiger partial charge is 0.300 e. The monoisotopic (exact) mass is 254 g/mol. The Labute approximate surface area is 116 Å². The zero-order valence-corrected chi connectivity index (χ0v) is 11.4.